The Hall–Kier alpha value is -2.90. The van der Waals surface area contributed by atoms with E-state index in [9.17, 15) is 4.79 Å². The second-order valence-corrected chi connectivity index (χ2v) is 6.04. The summed E-state index contributed by atoms with van der Waals surface area (Å²) in [7, 11) is 1.64. The van der Waals surface area contributed by atoms with E-state index in [4.69, 9.17) is 9.47 Å². The molecule has 2 atom stereocenters. The smallest absolute Gasteiger partial charge is 0.358 e. The zero-order chi connectivity index (χ0) is 17.6. The second kappa shape index (κ2) is 5.87. The number of fused-ring (bicyclic) bond motifs is 5. The highest BCUT2D eigenvalue weighted by molar-refractivity contribution is 5.88. The minimum absolute atomic E-state index is 0.00876. The van der Waals surface area contributed by atoms with Crippen LogP contribution in [0.3, 0.4) is 0 Å². The molecule has 2 unspecified atom stereocenters. The number of ether oxygens (including phenoxy) is 2. The molecule has 3 heterocycles. The molecule has 1 aromatic carbocycles. The van der Waals surface area contributed by atoms with E-state index in [0.29, 0.717) is 18.8 Å². The molecule has 0 amide bonds. The molecule has 4 rings (SSSR count). The lowest BCUT2D eigenvalue weighted by atomic mass is 9.99. The van der Waals surface area contributed by atoms with Gasteiger partial charge in [-0.3, -0.25) is 5.01 Å². The molecule has 0 aliphatic carbocycles. The Labute approximate surface area is 145 Å². The fraction of sp³-hybridized carbons (Fsp3) is 0.412. The molecule has 2 aromatic rings. The van der Waals surface area contributed by atoms with E-state index in [0.717, 1.165) is 22.7 Å². The number of rotatable bonds is 3. The summed E-state index contributed by atoms with van der Waals surface area (Å²) in [5, 5.41) is 10.5. The second-order valence-electron chi connectivity index (χ2n) is 6.04. The van der Waals surface area contributed by atoms with Crippen LogP contribution in [-0.4, -0.2) is 40.3 Å². The van der Waals surface area contributed by atoms with Crippen LogP contribution < -0.4 is 4.74 Å². The number of carbonyl (C=O) groups is 1. The number of esters is 1. The number of hydrogen-bond acceptors (Lipinski definition) is 7. The van der Waals surface area contributed by atoms with Crippen LogP contribution in [-0.2, 0) is 11.3 Å². The summed E-state index contributed by atoms with van der Waals surface area (Å²) in [6.45, 7) is 4.55. The van der Waals surface area contributed by atoms with Crippen molar-refractivity contribution in [2.45, 2.75) is 32.5 Å². The van der Waals surface area contributed by atoms with Gasteiger partial charge in [0, 0.05) is 5.56 Å². The maximum absolute atomic E-state index is 12.3. The van der Waals surface area contributed by atoms with Crippen LogP contribution in [0.25, 0.3) is 5.69 Å². The van der Waals surface area contributed by atoms with Crippen LogP contribution in [0.2, 0.25) is 0 Å². The Morgan fingerprint density at radius 2 is 2.24 bits per heavy atom. The van der Waals surface area contributed by atoms with Crippen LogP contribution in [0.4, 0.5) is 0 Å². The van der Waals surface area contributed by atoms with Crippen molar-refractivity contribution in [3.8, 4) is 11.4 Å². The summed E-state index contributed by atoms with van der Waals surface area (Å²) < 4.78 is 12.5. The lowest BCUT2D eigenvalue weighted by Gasteiger charge is -2.23. The predicted octanol–water partition coefficient (Wildman–Crippen LogP) is 2.68. The Bertz CT molecular complexity index is 860. The van der Waals surface area contributed by atoms with Gasteiger partial charge < -0.3 is 14.0 Å². The predicted molar refractivity (Wildman–Crippen MR) is 88.7 cm³/mol. The zero-order valence-electron chi connectivity index (χ0n) is 14.3. The van der Waals surface area contributed by atoms with E-state index in [2.05, 4.69) is 15.3 Å². The van der Waals surface area contributed by atoms with Crippen LogP contribution in [0.1, 0.15) is 41.6 Å². The topological polar surface area (TPSA) is 81.3 Å². The molecule has 0 bridgehead atoms. The van der Waals surface area contributed by atoms with Crippen molar-refractivity contribution in [1.82, 2.24) is 14.6 Å². The lowest BCUT2D eigenvalue weighted by Crippen LogP contribution is -2.24. The molecule has 0 radical (unpaired) electrons. The molecule has 1 aromatic heterocycles. The van der Waals surface area contributed by atoms with Crippen molar-refractivity contribution < 1.29 is 14.3 Å². The molecular formula is C17H19N5O3. The normalized spacial score (nSPS) is 20.5. The van der Waals surface area contributed by atoms with E-state index in [1.54, 1.807) is 20.4 Å². The maximum atomic E-state index is 12.3. The van der Waals surface area contributed by atoms with E-state index < -0.39 is 5.97 Å². The van der Waals surface area contributed by atoms with Gasteiger partial charge in [0.1, 0.15) is 18.1 Å². The van der Waals surface area contributed by atoms with Crippen LogP contribution in [0.15, 0.2) is 34.9 Å². The van der Waals surface area contributed by atoms with Gasteiger partial charge in [0.25, 0.3) is 0 Å². The van der Waals surface area contributed by atoms with Crippen molar-refractivity contribution in [2.24, 2.45) is 10.3 Å². The highest BCUT2D eigenvalue weighted by Crippen LogP contribution is 2.41. The third-order valence-corrected chi connectivity index (χ3v) is 4.59. The van der Waals surface area contributed by atoms with Gasteiger partial charge in [-0.25, -0.2) is 9.78 Å². The largest absolute Gasteiger partial charge is 0.497 e. The average molecular weight is 341 g/mol. The zero-order valence-corrected chi connectivity index (χ0v) is 14.3. The first-order valence-electron chi connectivity index (χ1n) is 8.23. The van der Waals surface area contributed by atoms with Gasteiger partial charge in [0.2, 0.25) is 0 Å². The van der Waals surface area contributed by atoms with E-state index >= 15 is 0 Å². The molecule has 2 aliphatic heterocycles. The summed E-state index contributed by atoms with van der Waals surface area (Å²) in [4.78, 5) is 16.6. The Balaban J connectivity index is 1.90. The van der Waals surface area contributed by atoms with Crippen molar-refractivity contribution in [1.29, 1.82) is 0 Å². The molecule has 0 saturated heterocycles. The van der Waals surface area contributed by atoms with Gasteiger partial charge >= 0.3 is 5.97 Å². The first-order chi connectivity index (χ1) is 12.1. The van der Waals surface area contributed by atoms with Crippen molar-refractivity contribution in [2.75, 3.05) is 13.7 Å². The van der Waals surface area contributed by atoms with Gasteiger partial charge in [-0.15, -0.1) is 0 Å². The van der Waals surface area contributed by atoms with Crippen molar-refractivity contribution >= 4 is 5.97 Å². The molecule has 25 heavy (non-hydrogen) atoms. The number of methoxy groups -OCH3 is 1. The molecule has 8 heteroatoms. The number of hydrogen-bond donors (Lipinski definition) is 0. The van der Waals surface area contributed by atoms with Gasteiger partial charge in [0.05, 0.1) is 37.7 Å². The number of carbonyl (C=O) groups excluding carboxylic acids is 1. The molecule has 2 aliphatic rings. The highest BCUT2D eigenvalue weighted by atomic mass is 16.5. The van der Waals surface area contributed by atoms with Crippen molar-refractivity contribution in [3.05, 3.63) is 41.5 Å². The quantitative estimate of drug-likeness (QED) is 0.802. The molecule has 0 saturated carbocycles. The Morgan fingerprint density at radius 1 is 1.40 bits per heavy atom. The average Bonchev–Trinajstić information content (AvgIpc) is 3.15. The van der Waals surface area contributed by atoms with Crippen LogP contribution in [0, 0.1) is 0 Å². The first kappa shape index (κ1) is 15.6. The summed E-state index contributed by atoms with van der Waals surface area (Å²) in [6, 6.07) is 5.87. The summed E-state index contributed by atoms with van der Waals surface area (Å²) >= 11 is 0. The van der Waals surface area contributed by atoms with Crippen LogP contribution >= 0.6 is 0 Å². The Kier molecular flexibility index (Phi) is 3.67. The van der Waals surface area contributed by atoms with Crippen LogP contribution in [0.5, 0.6) is 5.75 Å². The van der Waals surface area contributed by atoms with Gasteiger partial charge in [-0.05, 0) is 32.0 Å². The number of benzene rings is 1. The molecule has 0 fully saturated rings. The van der Waals surface area contributed by atoms with Gasteiger partial charge in [-0.1, -0.05) is 5.22 Å². The molecule has 130 valence electrons. The molecular weight excluding hydrogens is 322 g/mol. The summed E-state index contributed by atoms with van der Waals surface area (Å²) in [5.74, 6) is 0.348. The standard InChI is InChI=1S/C17H19N5O3/c1-4-25-17(23)15-14-8-22-16(10(2)19-20-22)12-7-11(24-3)5-6-13(12)21(14)9-18-15/h5-7,9-10,16H,4,8H2,1-3H3. The molecule has 8 nitrogen and oxygen atoms in total. The third kappa shape index (κ3) is 2.36. The highest BCUT2D eigenvalue weighted by Gasteiger charge is 2.38. The summed E-state index contributed by atoms with van der Waals surface area (Å²) in [5.41, 5.74) is 3.06. The lowest BCUT2D eigenvalue weighted by molar-refractivity contribution is 0.0517. The van der Waals surface area contributed by atoms with Gasteiger partial charge in [0.15, 0.2) is 5.69 Å². The minimum Gasteiger partial charge on any atom is -0.497 e. The van der Waals surface area contributed by atoms with Crippen molar-refractivity contribution in [3.63, 3.8) is 0 Å². The molecule has 0 spiro atoms. The fourth-order valence-electron chi connectivity index (χ4n) is 3.44. The van der Waals surface area contributed by atoms with E-state index in [1.165, 1.54) is 0 Å². The molecule has 0 N–H and O–H groups in total. The van der Waals surface area contributed by atoms with E-state index in [1.807, 2.05) is 34.7 Å². The van der Waals surface area contributed by atoms with E-state index in [-0.39, 0.29) is 12.1 Å². The fourth-order valence-corrected chi connectivity index (χ4v) is 3.44. The number of imidazole rings is 1. The first-order valence-corrected chi connectivity index (χ1v) is 8.23. The maximum Gasteiger partial charge on any atom is 0.358 e. The number of nitrogens with zero attached hydrogens (tertiary/aromatic N) is 5. The Morgan fingerprint density at radius 3 is 3.00 bits per heavy atom. The minimum atomic E-state index is -0.422. The SMILES string of the molecule is CCOC(=O)c1ncn2c1CN1N=NC(C)C1c1cc(OC)ccc1-2. The third-order valence-electron chi connectivity index (χ3n) is 4.59. The monoisotopic (exact) mass is 341 g/mol. The van der Waals surface area contributed by atoms with Gasteiger partial charge in [-0.2, -0.15) is 5.11 Å². The number of aromatic nitrogens is 2. The summed E-state index contributed by atoms with van der Waals surface area (Å²) in [6.07, 6.45) is 1.66.